The number of benzene rings is 1. The lowest BCUT2D eigenvalue weighted by molar-refractivity contribution is -0.136. The largest absolute Gasteiger partial charge is 0.328 e. The summed E-state index contributed by atoms with van der Waals surface area (Å²) in [5, 5.41) is 0. The maximum Gasteiger partial charge on any atom is 0.328 e. The van der Waals surface area contributed by atoms with Gasteiger partial charge in [-0.1, -0.05) is 29.3 Å². The van der Waals surface area contributed by atoms with Crippen molar-refractivity contribution in [2.45, 2.75) is 38.9 Å². The van der Waals surface area contributed by atoms with Crippen LogP contribution in [0.1, 0.15) is 26.7 Å². The van der Waals surface area contributed by atoms with E-state index in [0.29, 0.717) is 12.5 Å². The van der Waals surface area contributed by atoms with Crippen molar-refractivity contribution in [1.82, 2.24) is 14.7 Å². The normalized spacial score (nSPS) is 24.3. The Balaban J connectivity index is 1.68. The summed E-state index contributed by atoms with van der Waals surface area (Å²) in [5.41, 5.74) is 1.96. The zero-order valence-electron chi connectivity index (χ0n) is 15.6. The second-order valence-corrected chi connectivity index (χ2v) is 7.93. The fourth-order valence-electron chi connectivity index (χ4n) is 3.79. The molecule has 0 aromatic heterocycles. The van der Waals surface area contributed by atoms with Crippen LogP contribution in [0.4, 0.5) is 10.5 Å². The summed E-state index contributed by atoms with van der Waals surface area (Å²) in [7, 11) is 1.72. The minimum atomic E-state index is -0.505. The van der Waals surface area contributed by atoms with Crippen molar-refractivity contribution in [3.8, 4) is 0 Å². The van der Waals surface area contributed by atoms with Crippen LogP contribution in [-0.2, 0) is 4.79 Å². The third kappa shape index (κ3) is 2.74. The smallest absolute Gasteiger partial charge is 0.302 e. The molecule has 1 aromatic rings. The van der Waals surface area contributed by atoms with E-state index in [1.807, 2.05) is 54.1 Å². The van der Waals surface area contributed by atoms with Crippen LogP contribution >= 0.6 is 15.9 Å². The number of guanidine groups is 1. The number of nitrogens with zero attached hydrogens (tertiary/aromatic N) is 5. The molecule has 3 heterocycles. The number of urea groups is 1. The fraction of sp³-hybridized carbons (Fsp3) is 0.421. The number of carbonyl (C=O) groups excluding carboxylic acids is 2. The van der Waals surface area contributed by atoms with E-state index >= 15 is 0 Å². The number of fused-ring (bicyclic) bond motifs is 3. The summed E-state index contributed by atoms with van der Waals surface area (Å²) in [4.78, 5) is 37.4. The lowest BCUT2D eigenvalue weighted by Crippen LogP contribution is -2.64. The molecule has 1 aromatic carbocycles. The van der Waals surface area contributed by atoms with Crippen LogP contribution in [0.5, 0.6) is 0 Å². The van der Waals surface area contributed by atoms with Gasteiger partial charge in [0.2, 0.25) is 5.96 Å². The number of hydrogen-bond donors (Lipinski definition) is 0. The highest BCUT2D eigenvalue weighted by atomic mass is 79.9. The fourth-order valence-corrected chi connectivity index (χ4v) is 4.05. The monoisotopic (exact) mass is 431 g/mol. The predicted octanol–water partition coefficient (Wildman–Crippen LogP) is 3.19. The Hall–Kier alpha value is -2.35. The van der Waals surface area contributed by atoms with Gasteiger partial charge in [0.1, 0.15) is 0 Å². The highest BCUT2D eigenvalue weighted by Crippen LogP contribution is 2.36. The highest BCUT2D eigenvalue weighted by Gasteiger charge is 2.54. The Kier molecular flexibility index (Phi) is 4.46. The minimum absolute atomic E-state index is 0.169. The number of hydrogen-bond acceptors (Lipinski definition) is 5. The van der Waals surface area contributed by atoms with Crippen LogP contribution in [0.25, 0.3) is 0 Å². The topological polar surface area (TPSA) is 59.5 Å². The number of halogens is 1. The van der Waals surface area contributed by atoms with E-state index in [1.54, 1.807) is 11.9 Å². The molecule has 8 heteroatoms. The summed E-state index contributed by atoms with van der Waals surface area (Å²) >= 11 is 3.46. The van der Waals surface area contributed by atoms with Gasteiger partial charge < -0.3 is 9.80 Å². The van der Waals surface area contributed by atoms with Crippen LogP contribution in [0.3, 0.4) is 0 Å². The Labute approximate surface area is 167 Å². The minimum Gasteiger partial charge on any atom is -0.302 e. The molecule has 1 saturated heterocycles. The van der Waals surface area contributed by atoms with Gasteiger partial charge in [0, 0.05) is 35.6 Å². The first-order valence-corrected chi connectivity index (χ1v) is 9.91. The molecule has 3 amide bonds. The standard InChI is InChI=1S/C19H22BrN5O2/c1-4-5-10-23-17(26)15-16(22(3)19(23)27)21-18-24(15)11-12(2)25(18)14-8-6-13(20)7-9-14/h6-9,11,15-16H,4-5,10H2,1-3H3. The van der Waals surface area contributed by atoms with Gasteiger partial charge in [-0.05, 0) is 37.6 Å². The molecule has 0 bridgehead atoms. The van der Waals surface area contributed by atoms with Crippen molar-refractivity contribution >= 4 is 39.5 Å². The van der Waals surface area contributed by atoms with Crippen molar-refractivity contribution in [1.29, 1.82) is 0 Å². The van der Waals surface area contributed by atoms with Crippen molar-refractivity contribution in [2.24, 2.45) is 4.99 Å². The van der Waals surface area contributed by atoms with Gasteiger partial charge in [0.15, 0.2) is 12.2 Å². The van der Waals surface area contributed by atoms with Gasteiger partial charge in [-0.3, -0.25) is 14.6 Å². The molecule has 0 aliphatic carbocycles. The van der Waals surface area contributed by atoms with E-state index in [4.69, 9.17) is 4.99 Å². The summed E-state index contributed by atoms with van der Waals surface area (Å²) < 4.78 is 0.998. The van der Waals surface area contributed by atoms with E-state index in [9.17, 15) is 9.59 Å². The Bertz CT molecular complexity index is 850. The summed E-state index contributed by atoms with van der Waals surface area (Å²) in [6, 6.07) is 7.17. The molecule has 0 N–H and O–H groups in total. The summed E-state index contributed by atoms with van der Waals surface area (Å²) in [5.74, 6) is 0.521. The molecule has 27 heavy (non-hydrogen) atoms. The zero-order chi connectivity index (χ0) is 19.3. The van der Waals surface area contributed by atoms with Gasteiger partial charge in [0.25, 0.3) is 5.91 Å². The van der Waals surface area contributed by atoms with Gasteiger partial charge in [0.05, 0.1) is 0 Å². The molecular formula is C19H22BrN5O2. The highest BCUT2D eigenvalue weighted by molar-refractivity contribution is 9.10. The molecule has 3 aliphatic heterocycles. The molecule has 1 fully saturated rings. The number of amides is 3. The van der Waals surface area contributed by atoms with Gasteiger partial charge in [-0.2, -0.15) is 0 Å². The van der Waals surface area contributed by atoms with Gasteiger partial charge in [-0.15, -0.1) is 0 Å². The third-order valence-corrected chi connectivity index (χ3v) is 5.74. The number of imide groups is 1. The number of likely N-dealkylation sites (N-methyl/N-ethyl adjacent to an activating group) is 1. The zero-order valence-corrected chi connectivity index (χ0v) is 17.2. The van der Waals surface area contributed by atoms with E-state index in [2.05, 4.69) is 15.9 Å². The SMILES string of the molecule is CCCCN1C(=O)C2C(N=C3N(c4ccc(Br)cc4)C(C)=CN32)N(C)C1=O. The van der Waals surface area contributed by atoms with Crippen LogP contribution in [0.2, 0.25) is 0 Å². The average molecular weight is 432 g/mol. The molecule has 0 radical (unpaired) electrons. The Morgan fingerprint density at radius 3 is 2.56 bits per heavy atom. The van der Waals surface area contributed by atoms with E-state index in [0.717, 1.165) is 28.7 Å². The quantitative estimate of drug-likeness (QED) is 0.734. The first-order chi connectivity index (χ1) is 12.9. The van der Waals surface area contributed by atoms with Crippen molar-refractivity contribution in [3.05, 3.63) is 40.6 Å². The Morgan fingerprint density at radius 1 is 1.19 bits per heavy atom. The lowest BCUT2D eigenvalue weighted by atomic mass is 10.1. The summed E-state index contributed by atoms with van der Waals surface area (Å²) in [6.07, 6.45) is 3.18. The van der Waals surface area contributed by atoms with Crippen LogP contribution in [-0.4, -0.2) is 58.4 Å². The van der Waals surface area contributed by atoms with Gasteiger partial charge in [-0.25, -0.2) is 9.79 Å². The number of unbranched alkanes of at least 4 members (excludes halogenated alkanes) is 1. The van der Waals surface area contributed by atoms with Crippen molar-refractivity contribution in [2.75, 3.05) is 18.5 Å². The second kappa shape index (κ2) is 6.67. The van der Waals surface area contributed by atoms with E-state index < -0.39 is 12.2 Å². The van der Waals surface area contributed by atoms with E-state index in [1.165, 1.54) is 4.90 Å². The first kappa shape index (κ1) is 18.0. The third-order valence-electron chi connectivity index (χ3n) is 5.21. The van der Waals surface area contributed by atoms with Crippen LogP contribution in [0, 0.1) is 0 Å². The first-order valence-electron chi connectivity index (χ1n) is 9.12. The molecule has 0 saturated carbocycles. The number of aliphatic imine (C=N–C) groups is 1. The van der Waals surface area contributed by atoms with Gasteiger partial charge >= 0.3 is 6.03 Å². The van der Waals surface area contributed by atoms with E-state index in [-0.39, 0.29) is 11.9 Å². The second-order valence-electron chi connectivity index (χ2n) is 7.01. The molecule has 4 rings (SSSR count). The molecule has 2 atom stereocenters. The number of anilines is 1. The average Bonchev–Trinajstić information content (AvgIpc) is 3.15. The van der Waals surface area contributed by atoms with Crippen molar-refractivity contribution < 1.29 is 9.59 Å². The molecule has 142 valence electrons. The Morgan fingerprint density at radius 2 is 1.89 bits per heavy atom. The summed E-state index contributed by atoms with van der Waals surface area (Å²) in [6.45, 7) is 4.49. The number of carbonyl (C=O) groups is 2. The molecule has 2 unspecified atom stereocenters. The maximum absolute atomic E-state index is 13.1. The molecular weight excluding hydrogens is 410 g/mol. The number of rotatable bonds is 4. The molecule has 7 nitrogen and oxygen atoms in total. The number of allylic oxidation sites excluding steroid dienone is 1. The van der Waals surface area contributed by atoms with Crippen molar-refractivity contribution in [3.63, 3.8) is 0 Å². The molecule has 3 aliphatic rings. The lowest BCUT2D eigenvalue weighted by Gasteiger charge is -2.40. The van der Waals surface area contributed by atoms with Crippen LogP contribution in [0.15, 0.2) is 45.6 Å². The molecule has 0 spiro atoms. The maximum atomic E-state index is 13.1. The predicted molar refractivity (Wildman–Crippen MR) is 107 cm³/mol. The van der Waals surface area contributed by atoms with Crippen LogP contribution < -0.4 is 4.90 Å².